The van der Waals surface area contributed by atoms with E-state index < -0.39 is 0 Å². The van der Waals surface area contributed by atoms with Crippen molar-refractivity contribution >= 4 is 23.4 Å². The predicted molar refractivity (Wildman–Crippen MR) is 99.9 cm³/mol. The number of aromatic nitrogens is 3. The molecule has 25 heavy (non-hydrogen) atoms. The summed E-state index contributed by atoms with van der Waals surface area (Å²) in [5, 5.41) is 17.4. The Morgan fingerprint density at radius 3 is 2.28 bits per heavy atom. The summed E-state index contributed by atoms with van der Waals surface area (Å²) in [7, 11) is 0. The van der Waals surface area contributed by atoms with Crippen molar-refractivity contribution in [2.24, 2.45) is 5.92 Å². The summed E-state index contributed by atoms with van der Waals surface area (Å²) in [4.78, 5) is 16.1. The second kappa shape index (κ2) is 9.56. The van der Waals surface area contributed by atoms with Crippen LogP contribution in [0.1, 0.15) is 32.3 Å². The van der Waals surface area contributed by atoms with E-state index in [4.69, 9.17) is 0 Å². The maximum absolute atomic E-state index is 11.9. The number of hydrogen-bond acceptors (Lipinski definition) is 6. The number of nitrogens with one attached hydrogen (secondary N) is 3. The fourth-order valence-corrected chi connectivity index (χ4v) is 2.35. The normalized spacial score (nSPS) is 10.6. The van der Waals surface area contributed by atoms with E-state index in [1.807, 2.05) is 45.0 Å². The van der Waals surface area contributed by atoms with Gasteiger partial charge in [0.05, 0.1) is 0 Å². The van der Waals surface area contributed by atoms with Crippen molar-refractivity contribution < 1.29 is 4.79 Å². The third kappa shape index (κ3) is 6.02. The van der Waals surface area contributed by atoms with E-state index in [1.54, 1.807) is 6.20 Å². The first kappa shape index (κ1) is 18.6. The van der Waals surface area contributed by atoms with Crippen LogP contribution in [-0.4, -0.2) is 34.2 Å². The molecule has 7 nitrogen and oxygen atoms in total. The lowest BCUT2D eigenvalue weighted by molar-refractivity contribution is -0.125. The first-order valence-corrected chi connectivity index (χ1v) is 8.67. The maximum Gasteiger partial charge on any atom is 0.223 e. The molecule has 2 aromatic rings. The third-order valence-corrected chi connectivity index (χ3v) is 3.92. The van der Waals surface area contributed by atoms with Gasteiger partial charge in [-0.25, -0.2) is 4.98 Å². The Balaban J connectivity index is 1.75. The standard InChI is InChI=1S/C18H26N6O/c1-4-14(5-2)18(25)20-11-10-19-16-8-9-17(24-23-16)22-15-7-6-13(3)12-21-15/h6-9,12,14H,4-5,10-11H2,1-3H3,(H,19,23)(H,20,25)(H,21,22,24). The maximum atomic E-state index is 11.9. The summed E-state index contributed by atoms with van der Waals surface area (Å²) in [6, 6.07) is 7.55. The van der Waals surface area contributed by atoms with Gasteiger partial charge in [0.2, 0.25) is 5.91 Å². The van der Waals surface area contributed by atoms with Crippen molar-refractivity contribution in [3.8, 4) is 0 Å². The quantitative estimate of drug-likeness (QED) is 0.607. The van der Waals surface area contributed by atoms with Gasteiger partial charge in [0, 0.05) is 25.2 Å². The van der Waals surface area contributed by atoms with Crippen LogP contribution >= 0.6 is 0 Å². The van der Waals surface area contributed by atoms with Crippen molar-refractivity contribution in [2.75, 3.05) is 23.7 Å². The second-order valence-electron chi connectivity index (χ2n) is 5.88. The van der Waals surface area contributed by atoms with Gasteiger partial charge in [-0.3, -0.25) is 4.79 Å². The summed E-state index contributed by atoms with van der Waals surface area (Å²) < 4.78 is 0. The molecule has 2 aromatic heterocycles. The Hall–Kier alpha value is -2.70. The molecule has 0 aliphatic heterocycles. The van der Waals surface area contributed by atoms with Gasteiger partial charge in [-0.1, -0.05) is 19.9 Å². The number of hydrogen-bond donors (Lipinski definition) is 3. The van der Waals surface area contributed by atoms with Gasteiger partial charge >= 0.3 is 0 Å². The molecule has 2 rings (SSSR count). The fourth-order valence-electron chi connectivity index (χ4n) is 2.35. The molecule has 1 amide bonds. The molecule has 0 saturated carbocycles. The Labute approximate surface area is 148 Å². The number of amides is 1. The lowest BCUT2D eigenvalue weighted by atomic mass is 10.0. The molecule has 0 aromatic carbocycles. The largest absolute Gasteiger partial charge is 0.367 e. The SMILES string of the molecule is CCC(CC)C(=O)NCCNc1ccc(Nc2ccc(C)cn2)nn1. The number of carbonyl (C=O) groups is 1. The molecule has 0 aliphatic rings. The molecule has 134 valence electrons. The molecule has 7 heteroatoms. The molecule has 0 radical (unpaired) electrons. The van der Waals surface area contributed by atoms with E-state index in [0.717, 1.165) is 24.2 Å². The summed E-state index contributed by atoms with van der Waals surface area (Å²) in [6.07, 6.45) is 3.53. The molecule has 0 aliphatic carbocycles. The molecule has 0 bridgehead atoms. The van der Waals surface area contributed by atoms with Crippen LogP contribution < -0.4 is 16.0 Å². The van der Waals surface area contributed by atoms with E-state index in [0.29, 0.717) is 24.7 Å². The van der Waals surface area contributed by atoms with Crippen molar-refractivity contribution in [3.05, 3.63) is 36.0 Å². The van der Waals surface area contributed by atoms with Gasteiger partial charge < -0.3 is 16.0 Å². The molecular weight excluding hydrogens is 316 g/mol. The summed E-state index contributed by atoms with van der Waals surface area (Å²) >= 11 is 0. The van der Waals surface area contributed by atoms with Gasteiger partial charge in [-0.05, 0) is 43.5 Å². The van der Waals surface area contributed by atoms with Crippen LogP contribution in [0.2, 0.25) is 0 Å². The highest BCUT2D eigenvalue weighted by molar-refractivity contribution is 5.78. The average Bonchev–Trinajstić information content (AvgIpc) is 2.63. The molecule has 0 spiro atoms. The zero-order chi connectivity index (χ0) is 18.1. The Morgan fingerprint density at radius 1 is 1.00 bits per heavy atom. The van der Waals surface area contributed by atoms with E-state index >= 15 is 0 Å². The molecule has 0 fully saturated rings. The lowest BCUT2D eigenvalue weighted by Crippen LogP contribution is -2.33. The minimum absolute atomic E-state index is 0.0977. The van der Waals surface area contributed by atoms with Crippen molar-refractivity contribution in [1.82, 2.24) is 20.5 Å². The molecule has 3 N–H and O–H groups in total. The molecule has 0 unspecified atom stereocenters. The van der Waals surface area contributed by atoms with Crippen LogP contribution in [0, 0.1) is 12.8 Å². The van der Waals surface area contributed by atoms with Crippen LogP contribution in [0.5, 0.6) is 0 Å². The van der Waals surface area contributed by atoms with E-state index in [1.165, 1.54) is 0 Å². The number of pyridine rings is 1. The summed E-state index contributed by atoms with van der Waals surface area (Å²) in [5.74, 6) is 2.23. The van der Waals surface area contributed by atoms with Crippen LogP contribution in [0.3, 0.4) is 0 Å². The van der Waals surface area contributed by atoms with E-state index in [2.05, 4.69) is 31.1 Å². The van der Waals surface area contributed by atoms with Crippen LogP contribution in [-0.2, 0) is 4.79 Å². The lowest BCUT2D eigenvalue weighted by Gasteiger charge is -2.13. The van der Waals surface area contributed by atoms with Crippen LogP contribution in [0.25, 0.3) is 0 Å². The Kier molecular flexibility index (Phi) is 7.13. The van der Waals surface area contributed by atoms with E-state index in [9.17, 15) is 4.79 Å². The highest BCUT2D eigenvalue weighted by Crippen LogP contribution is 2.12. The smallest absolute Gasteiger partial charge is 0.223 e. The molecule has 0 saturated heterocycles. The van der Waals surface area contributed by atoms with Crippen LogP contribution in [0.15, 0.2) is 30.5 Å². The molecule has 2 heterocycles. The number of aryl methyl sites for hydroxylation is 1. The van der Waals surface area contributed by atoms with Gasteiger partial charge in [0.1, 0.15) is 11.6 Å². The number of nitrogens with zero attached hydrogens (tertiary/aromatic N) is 3. The number of carbonyl (C=O) groups excluding carboxylic acids is 1. The van der Waals surface area contributed by atoms with Gasteiger partial charge in [-0.15, -0.1) is 10.2 Å². The highest BCUT2D eigenvalue weighted by atomic mass is 16.1. The fraction of sp³-hybridized carbons (Fsp3) is 0.444. The minimum atomic E-state index is 0.0977. The predicted octanol–water partition coefficient (Wildman–Crippen LogP) is 2.89. The number of anilines is 3. The van der Waals surface area contributed by atoms with Crippen molar-refractivity contribution in [1.29, 1.82) is 0 Å². The average molecular weight is 342 g/mol. The first-order valence-electron chi connectivity index (χ1n) is 8.67. The van der Waals surface area contributed by atoms with Gasteiger partial charge in [-0.2, -0.15) is 0 Å². The highest BCUT2D eigenvalue weighted by Gasteiger charge is 2.12. The van der Waals surface area contributed by atoms with Gasteiger partial charge in [0.25, 0.3) is 0 Å². The topological polar surface area (TPSA) is 91.8 Å². The summed E-state index contributed by atoms with van der Waals surface area (Å²) in [6.45, 7) is 7.22. The summed E-state index contributed by atoms with van der Waals surface area (Å²) in [5.41, 5.74) is 1.10. The zero-order valence-corrected chi connectivity index (χ0v) is 15.0. The monoisotopic (exact) mass is 342 g/mol. The van der Waals surface area contributed by atoms with Crippen molar-refractivity contribution in [2.45, 2.75) is 33.6 Å². The van der Waals surface area contributed by atoms with E-state index in [-0.39, 0.29) is 11.8 Å². The minimum Gasteiger partial charge on any atom is -0.367 e. The molecular formula is C18H26N6O. The number of rotatable bonds is 9. The van der Waals surface area contributed by atoms with Crippen LogP contribution in [0.4, 0.5) is 17.5 Å². The molecule has 0 atom stereocenters. The Bertz CT molecular complexity index is 652. The van der Waals surface area contributed by atoms with Gasteiger partial charge in [0.15, 0.2) is 5.82 Å². The van der Waals surface area contributed by atoms with Crippen molar-refractivity contribution in [3.63, 3.8) is 0 Å². The Morgan fingerprint density at radius 2 is 1.68 bits per heavy atom. The first-order chi connectivity index (χ1) is 12.1. The third-order valence-electron chi connectivity index (χ3n) is 3.92. The second-order valence-corrected chi connectivity index (χ2v) is 5.88. The zero-order valence-electron chi connectivity index (χ0n) is 15.0.